The number of hydrogen-bond donors (Lipinski definition) is 2. The summed E-state index contributed by atoms with van der Waals surface area (Å²) < 4.78 is 11.6. The van der Waals surface area contributed by atoms with Crippen LogP contribution in [-0.4, -0.2) is 39.6 Å². The zero-order valence-corrected chi connectivity index (χ0v) is 20.1. The lowest BCUT2D eigenvalue weighted by Crippen LogP contribution is -2.25. The topological polar surface area (TPSA) is 111 Å². The number of nitrogens with one attached hydrogen (secondary N) is 2. The Balaban J connectivity index is 1.72. The quantitative estimate of drug-likeness (QED) is 0.390. The monoisotopic (exact) mass is 497 g/mol. The SMILES string of the molecule is COc1cnc(-n2c(=S)[nH]c3cc(C(=O)NCc4ccc(Cl)cc4)cc(C)c3c2=O)nc1OC. The molecule has 0 atom stereocenters. The fourth-order valence-corrected chi connectivity index (χ4v) is 3.89. The number of halogens is 1. The van der Waals surface area contributed by atoms with Crippen molar-refractivity contribution in [1.29, 1.82) is 0 Å². The number of aryl methyl sites for hydroxylation is 1. The molecule has 4 rings (SSSR count). The summed E-state index contributed by atoms with van der Waals surface area (Å²) in [5.74, 6) is 0.236. The smallest absolute Gasteiger partial charge is 0.269 e. The van der Waals surface area contributed by atoms with Crippen LogP contribution in [0, 0.1) is 11.7 Å². The van der Waals surface area contributed by atoms with E-state index in [1.807, 2.05) is 12.1 Å². The molecule has 0 saturated carbocycles. The molecule has 0 saturated heterocycles. The fourth-order valence-electron chi connectivity index (χ4n) is 3.48. The number of H-pyrrole nitrogens is 1. The van der Waals surface area contributed by atoms with E-state index in [0.717, 1.165) is 5.56 Å². The first-order valence-corrected chi connectivity index (χ1v) is 10.9. The van der Waals surface area contributed by atoms with Crippen molar-refractivity contribution in [2.24, 2.45) is 0 Å². The van der Waals surface area contributed by atoms with Crippen molar-refractivity contribution < 1.29 is 14.3 Å². The number of aromatic nitrogens is 4. The van der Waals surface area contributed by atoms with Gasteiger partial charge in [-0.25, -0.2) is 9.55 Å². The first-order chi connectivity index (χ1) is 16.3. The summed E-state index contributed by atoms with van der Waals surface area (Å²) in [6.45, 7) is 2.08. The van der Waals surface area contributed by atoms with E-state index in [1.165, 1.54) is 25.0 Å². The second kappa shape index (κ2) is 9.62. The molecule has 174 valence electrons. The van der Waals surface area contributed by atoms with Gasteiger partial charge in [-0.05, 0) is 54.5 Å². The van der Waals surface area contributed by atoms with Crippen molar-refractivity contribution in [1.82, 2.24) is 24.8 Å². The number of fused-ring (bicyclic) bond motifs is 1. The summed E-state index contributed by atoms with van der Waals surface area (Å²) in [5, 5.41) is 3.85. The van der Waals surface area contributed by atoms with E-state index in [9.17, 15) is 9.59 Å². The van der Waals surface area contributed by atoms with Crippen LogP contribution in [0.2, 0.25) is 5.02 Å². The van der Waals surface area contributed by atoms with Gasteiger partial charge >= 0.3 is 0 Å². The molecule has 1 amide bonds. The molecule has 0 bridgehead atoms. The third-order valence-corrected chi connectivity index (χ3v) is 5.69. The average molecular weight is 498 g/mol. The lowest BCUT2D eigenvalue weighted by atomic mass is 10.1. The van der Waals surface area contributed by atoms with Gasteiger partial charge in [0, 0.05) is 17.1 Å². The molecule has 2 aromatic heterocycles. The Morgan fingerprint density at radius 2 is 1.94 bits per heavy atom. The van der Waals surface area contributed by atoms with Crippen LogP contribution < -0.4 is 20.3 Å². The molecule has 2 N–H and O–H groups in total. The summed E-state index contributed by atoms with van der Waals surface area (Å²) in [7, 11) is 2.89. The van der Waals surface area contributed by atoms with Crippen LogP contribution in [0.4, 0.5) is 0 Å². The van der Waals surface area contributed by atoms with E-state index in [4.69, 9.17) is 33.3 Å². The molecule has 34 heavy (non-hydrogen) atoms. The maximum atomic E-state index is 13.4. The lowest BCUT2D eigenvalue weighted by molar-refractivity contribution is 0.0951. The van der Waals surface area contributed by atoms with E-state index in [1.54, 1.807) is 31.2 Å². The summed E-state index contributed by atoms with van der Waals surface area (Å²) in [6.07, 6.45) is 1.40. The molecular weight excluding hydrogens is 478 g/mol. The van der Waals surface area contributed by atoms with E-state index in [2.05, 4.69) is 20.3 Å². The number of hydrogen-bond acceptors (Lipinski definition) is 7. The van der Waals surface area contributed by atoms with Crippen molar-refractivity contribution in [2.75, 3.05) is 14.2 Å². The highest BCUT2D eigenvalue weighted by atomic mass is 35.5. The number of methoxy groups -OCH3 is 2. The largest absolute Gasteiger partial charge is 0.490 e. The second-order valence-corrected chi connectivity index (χ2v) is 8.17. The molecule has 0 radical (unpaired) electrons. The predicted octanol–water partition coefficient (Wildman–Crippen LogP) is 3.75. The Hall–Kier alpha value is -3.76. The summed E-state index contributed by atoms with van der Waals surface area (Å²) in [4.78, 5) is 37.6. The zero-order valence-electron chi connectivity index (χ0n) is 18.5. The lowest BCUT2D eigenvalue weighted by Gasteiger charge is -2.12. The fraction of sp³-hybridized carbons (Fsp3) is 0.174. The van der Waals surface area contributed by atoms with Gasteiger partial charge in [0.05, 0.1) is 31.3 Å². The summed E-state index contributed by atoms with van der Waals surface area (Å²) >= 11 is 11.3. The Morgan fingerprint density at radius 3 is 2.62 bits per heavy atom. The average Bonchev–Trinajstić information content (AvgIpc) is 2.82. The maximum Gasteiger partial charge on any atom is 0.269 e. The molecule has 4 aromatic rings. The van der Waals surface area contributed by atoms with E-state index in [-0.39, 0.29) is 22.5 Å². The molecular formula is C23H20ClN5O4S. The standard InChI is InChI=1S/C23H20ClN5O4S/c1-12-8-14(19(30)25-10-13-4-6-15(24)7-5-13)9-16-18(12)21(31)29(23(34)27-16)22-26-11-17(32-2)20(28-22)33-3/h4-9,11H,10H2,1-3H3,(H,25,30)(H,27,34). The number of carbonyl (C=O) groups excluding carboxylic acids is 1. The minimum atomic E-state index is -0.420. The van der Waals surface area contributed by atoms with Crippen LogP contribution in [0.25, 0.3) is 16.9 Å². The van der Waals surface area contributed by atoms with Gasteiger partial charge < -0.3 is 19.8 Å². The van der Waals surface area contributed by atoms with Gasteiger partial charge in [-0.3, -0.25) is 9.59 Å². The second-order valence-electron chi connectivity index (χ2n) is 7.34. The minimum Gasteiger partial charge on any atom is -0.490 e. The predicted molar refractivity (Wildman–Crippen MR) is 131 cm³/mol. The van der Waals surface area contributed by atoms with Crippen molar-refractivity contribution in [2.45, 2.75) is 13.5 Å². The van der Waals surface area contributed by atoms with Crippen molar-refractivity contribution in [3.8, 4) is 17.6 Å². The number of amides is 1. The van der Waals surface area contributed by atoms with E-state index < -0.39 is 5.56 Å². The van der Waals surface area contributed by atoms with Gasteiger partial charge in [0.1, 0.15) is 0 Å². The number of carbonyl (C=O) groups is 1. The molecule has 2 aromatic carbocycles. The minimum absolute atomic E-state index is 0.0370. The van der Waals surface area contributed by atoms with Gasteiger partial charge in [-0.1, -0.05) is 23.7 Å². The van der Waals surface area contributed by atoms with Crippen LogP contribution in [0.3, 0.4) is 0 Å². The molecule has 11 heteroatoms. The van der Waals surface area contributed by atoms with E-state index in [0.29, 0.717) is 39.3 Å². The maximum absolute atomic E-state index is 13.4. The van der Waals surface area contributed by atoms with Gasteiger partial charge in [-0.15, -0.1) is 0 Å². The normalized spacial score (nSPS) is 10.8. The number of ether oxygens (including phenoxy) is 2. The Bertz CT molecular complexity index is 1520. The molecule has 9 nitrogen and oxygen atoms in total. The summed E-state index contributed by atoms with van der Waals surface area (Å²) in [5.41, 5.74) is 1.91. The van der Waals surface area contributed by atoms with Gasteiger partial charge in [0.2, 0.25) is 5.95 Å². The van der Waals surface area contributed by atoms with Gasteiger partial charge in [0.15, 0.2) is 10.5 Å². The van der Waals surface area contributed by atoms with Crippen molar-refractivity contribution >= 4 is 40.6 Å². The number of benzene rings is 2. The Kier molecular flexibility index (Phi) is 6.62. The first-order valence-electron chi connectivity index (χ1n) is 10.1. The molecule has 0 unspecified atom stereocenters. The van der Waals surface area contributed by atoms with Gasteiger partial charge in [-0.2, -0.15) is 4.98 Å². The Labute approximate surface area is 204 Å². The highest BCUT2D eigenvalue weighted by Gasteiger charge is 2.17. The van der Waals surface area contributed by atoms with E-state index >= 15 is 0 Å². The third kappa shape index (κ3) is 4.50. The molecule has 0 spiro atoms. The summed E-state index contributed by atoms with van der Waals surface area (Å²) in [6, 6.07) is 10.4. The van der Waals surface area contributed by atoms with Crippen LogP contribution in [0.5, 0.6) is 11.6 Å². The molecule has 0 fully saturated rings. The number of rotatable bonds is 6. The van der Waals surface area contributed by atoms with Crippen molar-refractivity contribution in [3.63, 3.8) is 0 Å². The molecule has 2 heterocycles. The molecule has 0 aliphatic carbocycles. The first kappa shape index (κ1) is 23.4. The molecule has 0 aliphatic rings. The van der Waals surface area contributed by atoms with Crippen molar-refractivity contribution in [3.05, 3.63) is 79.4 Å². The highest BCUT2D eigenvalue weighted by Crippen LogP contribution is 2.24. The highest BCUT2D eigenvalue weighted by molar-refractivity contribution is 7.71. The Morgan fingerprint density at radius 1 is 1.21 bits per heavy atom. The third-order valence-electron chi connectivity index (χ3n) is 5.15. The number of nitrogens with zero attached hydrogens (tertiary/aromatic N) is 3. The zero-order chi connectivity index (χ0) is 24.4. The van der Waals surface area contributed by atoms with Crippen LogP contribution in [0.1, 0.15) is 21.5 Å². The van der Waals surface area contributed by atoms with Gasteiger partial charge in [0.25, 0.3) is 17.3 Å². The van der Waals surface area contributed by atoms with Crippen LogP contribution in [-0.2, 0) is 6.54 Å². The van der Waals surface area contributed by atoms with Crippen LogP contribution >= 0.6 is 23.8 Å². The molecule has 0 aliphatic heterocycles. The van der Waals surface area contributed by atoms with Crippen LogP contribution in [0.15, 0.2) is 47.4 Å². The number of aromatic amines is 1.